The van der Waals surface area contributed by atoms with E-state index in [0.717, 1.165) is 17.0 Å². The average molecular weight is 416 g/mol. The summed E-state index contributed by atoms with van der Waals surface area (Å²) in [7, 11) is 0. The Morgan fingerprint density at radius 2 is 1.83 bits per heavy atom. The van der Waals surface area contributed by atoms with Crippen LogP contribution in [0.5, 0.6) is 0 Å². The molecule has 6 nitrogen and oxygen atoms in total. The molecule has 0 saturated carbocycles. The minimum absolute atomic E-state index is 0.103. The number of esters is 1. The van der Waals surface area contributed by atoms with E-state index in [-0.39, 0.29) is 24.8 Å². The Labute approximate surface area is 172 Å². The number of hydrogen-bond acceptors (Lipinski definition) is 5. The lowest BCUT2D eigenvalue weighted by Gasteiger charge is -2.16. The molecule has 1 aliphatic rings. The van der Waals surface area contributed by atoms with Crippen LogP contribution in [0.25, 0.3) is 0 Å². The summed E-state index contributed by atoms with van der Waals surface area (Å²) in [5.74, 6) is -0.639. The molecular formula is C21H21FN2O4S. The fraction of sp³-hybridized carbons (Fsp3) is 0.286. The minimum atomic E-state index is -0.474. The zero-order chi connectivity index (χ0) is 20.6. The van der Waals surface area contributed by atoms with Crippen molar-refractivity contribution in [3.63, 3.8) is 0 Å². The van der Waals surface area contributed by atoms with E-state index in [2.05, 4.69) is 5.32 Å². The van der Waals surface area contributed by atoms with Crippen LogP contribution in [0.3, 0.4) is 0 Å². The van der Waals surface area contributed by atoms with Crippen LogP contribution in [0, 0.1) is 5.82 Å². The third-order valence-corrected chi connectivity index (χ3v) is 5.30. The lowest BCUT2D eigenvalue weighted by atomic mass is 10.2. The van der Waals surface area contributed by atoms with Gasteiger partial charge in [0.2, 0.25) is 5.91 Å². The third-order valence-electron chi connectivity index (χ3n) is 4.29. The van der Waals surface area contributed by atoms with Gasteiger partial charge in [0, 0.05) is 35.0 Å². The summed E-state index contributed by atoms with van der Waals surface area (Å²) in [6, 6.07) is 13.0. The van der Waals surface area contributed by atoms with E-state index < -0.39 is 11.9 Å². The van der Waals surface area contributed by atoms with Crippen LogP contribution >= 0.6 is 11.8 Å². The zero-order valence-corrected chi connectivity index (χ0v) is 16.5. The van der Waals surface area contributed by atoms with Crippen LogP contribution in [0.4, 0.5) is 15.8 Å². The van der Waals surface area contributed by atoms with Gasteiger partial charge in [0.05, 0.1) is 6.42 Å². The zero-order valence-electron chi connectivity index (χ0n) is 15.7. The molecule has 1 heterocycles. The molecule has 152 valence electrons. The summed E-state index contributed by atoms with van der Waals surface area (Å²) in [5.41, 5.74) is 1.36. The van der Waals surface area contributed by atoms with E-state index in [1.54, 1.807) is 41.3 Å². The summed E-state index contributed by atoms with van der Waals surface area (Å²) in [4.78, 5) is 38.0. The van der Waals surface area contributed by atoms with Gasteiger partial charge in [0.15, 0.2) is 6.61 Å². The largest absolute Gasteiger partial charge is 0.456 e. The van der Waals surface area contributed by atoms with Crippen molar-refractivity contribution in [2.45, 2.75) is 24.2 Å². The molecule has 2 aromatic carbocycles. The Balaban J connectivity index is 1.36. The minimum Gasteiger partial charge on any atom is -0.456 e. The number of amides is 2. The molecule has 2 amide bonds. The molecule has 8 heteroatoms. The van der Waals surface area contributed by atoms with Gasteiger partial charge in [0.1, 0.15) is 5.82 Å². The Morgan fingerprint density at radius 1 is 1.10 bits per heavy atom. The number of rotatable bonds is 8. The first-order chi connectivity index (χ1) is 14.0. The van der Waals surface area contributed by atoms with E-state index in [1.165, 1.54) is 23.9 Å². The van der Waals surface area contributed by atoms with Gasteiger partial charge >= 0.3 is 5.97 Å². The third kappa shape index (κ3) is 6.32. The average Bonchev–Trinajstić information content (AvgIpc) is 3.14. The topological polar surface area (TPSA) is 75.7 Å². The maximum Gasteiger partial charge on any atom is 0.307 e. The van der Waals surface area contributed by atoms with Gasteiger partial charge in [-0.05, 0) is 55.0 Å². The van der Waals surface area contributed by atoms with E-state index in [4.69, 9.17) is 4.74 Å². The van der Waals surface area contributed by atoms with Crippen LogP contribution in [-0.2, 0) is 19.1 Å². The number of benzene rings is 2. The molecule has 0 radical (unpaired) electrons. The molecule has 1 N–H and O–H groups in total. The van der Waals surface area contributed by atoms with E-state index in [0.29, 0.717) is 24.4 Å². The molecule has 1 aliphatic heterocycles. The summed E-state index contributed by atoms with van der Waals surface area (Å²) >= 11 is 1.41. The fourth-order valence-corrected chi connectivity index (χ4v) is 3.68. The van der Waals surface area contributed by atoms with Crippen molar-refractivity contribution in [1.82, 2.24) is 0 Å². The first-order valence-corrected chi connectivity index (χ1v) is 10.2. The quantitative estimate of drug-likeness (QED) is 0.526. The van der Waals surface area contributed by atoms with Crippen molar-refractivity contribution in [3.8, 4) is 0 Å². The fourth-order valence-electron chi connectivity index (χ4n) is 2.84. The van der Waals surface area contributed by atoms with Crippen molar-refractivity contribution in [2.75, 3.05) is 29.1 Å². The molecule has 0 aliphatic carbocycles. The maximum atomic E-state index is 12.8. The SMILES string of the molecule is O=C(COC(=O)CCSc1ccc(F)cc1)Nc1ccc(N2CCCC2=O)cc1. The molecule has 2 aromatic rings. The van der Waals surface area contributed by atoms with Gasteiger partial charge in [-0.1, -0.05) is 0 Å². The molecule has 29 heavy (non-hydrogen) atoms. The van der Waals surface area contributed by atoms with Crippen molar-refractivity contribution in [3.05, 3.63) is 54.3 Å². The predicted molar refractivity (Wildman–Crippen MR) is 109 cm³/mol. The molecule has 0 unspecified atom stereocenters. The van der Waals surface area contributed by atoms with Crippen molar-refractivity contribution in [2.24, 2.45) is 0 Å². The first kappa shape index (κ1) is 20.9. The van der Waals surface area contributed by atoms with Crippen molar-refractivity contribution < 1.29 is 23.5 Å². The standard InChI is InChI=1S/C21H21FN2O4S/c22-15-3-9-18(10-4-15)29-13-11-21(27)28-14-19(25)23-16-5-7-17(8-6-16)24-12-1-2-20(24)26/h3-10H,1-2,11-14H2,(H,23,25). The van der Waals surface area contributed by atoms with Crippen LogP contribution in [-0.4, -0.2) is 36.7 Å². The van der Waals surface area contributed by atoms with E-state index in [1.807, 2.05) is 0 Å². The van der Waals surface area contributed by atoms with Crippen LogP contribution in [0.2, 0.25) is 0 Å². The highest BCUT2D eigenvalue weighted by molar-refractivity contribution is 7.99. The van der Waals surface area contributed by atoms with Crippen molar-refractivity contribution >= 4 is 40.9 Å². The second-order valence-electron chi connectivity index (χ2n) is 6.46. The van der Waals surface area contributed by atoms with Gasteiger partial charge < -0.3 is 15.0 Å². The number of nitrogens with one attached hydrogen (secondary N) is 1. The molecule has 0 aromatic heterocycles. The second kappa shape index (κ2) is 10.1. The van der Waals surface area contributed by atoms with Gasteiger partial charge in [0.25, 0.3) is 5.91 Å². The normalized spacial score (nSPS) is 13.4. The monoisotopic (exact) mass is 416 g/mol. The smallest absolute Gasteiger partial charge is 0.307 e. The lowest BCUT2D eigenvalue weighted by molar-refractivity contribution is -0.146. The molecule has 0 spiro atoms. The number of ether oxygens (including phenoxy) is 1. The molecule has 0 bridgehead atoms. The number of carbonyl (C=O) groups excluding carboxylic acids is 3. The maximum absolute atomic E-state index is 12.8. The number of hydrogen-bond donors (Lipinski definition) is 1. The summed E-state index contributed by atoms with van der Waals surface area (Å²) in [5, 5.41) is 2.65. The summed E-state index contributed by atoms with van der Waals surface area (Å²) < 4.78 is 17.8. The highest BCUT2D eigenvalue weighted by Gasteiger charge is 2.21. The highest BCUT2D eigenvalue weighted by Crippen LogP contribution is 2.23. The van der Waals surface area contributed by atoms with Crippen molar-refractivity contribution in [1.29, 1.82) is 0 Å². The first-order valence-electron chi connectivity index (χ1n) is 9.25. The summed E-state index contributed by atoms with van der Waals surface area (Å²) in [6.07, 6.45) is 1.56. The number of halogens is 1. The van der Waals surface area contributed by atoms with Crippen LogP contribution in [0.15, 0.2) is 53.4 Å². The predicted octanol–water partition coefficient (Wildman–Crippen LogP) is 3.62. The second-order valence-corrected chi connectivity index (χ2v) is 7.63. The highest BCUT2D eigenvalue weighted by atomic mass is 32.2. The van der Waals surface area contributed by atoms with E-state index >= 15 is 0 Å². The molecule has 1 fully saturated rings. The number of nitrogens with zero attached hydrogens (tertiary/aromatic N) is 1. The number of anilines is 2. The Morgan fingerprint density at radius 3 is 2.48 bits per heavy atom. The Kier molecular flexibility index (Phi) is 7.24. The molecule has 0 atom stereocenters. The van der Waals surface area contributed by atoms with Crippen LogP contribution in [0.1, 0.15) is 19.3 Å². The molecule has 1 saturated heterocycles. The molecule has 3 rings (SSSR count). The van der Waals surface area contributed by atoms with Gasteiger partial charge in [-0.3, -0.25) is 14.4 Å². The molecular weight excluding hydrogens is 395 g/mol. The lowest BCUT2D eigenvalue weighted by Crippen LogP contribution is -2.23. The van der Waals surface area contributed by atoms with E-state index in [9.17, 15) is 18.8 Å². The number of thioether (sulfide) groups is 1. The van der Waals surface area contributed by atoms with Gasteiger partial charge in [-0.25, -0.2) is 4.39 Å². The Hall–Kier alpha value is -2.87. The van der Waals surface area contributed by atoms with Crippen LogP contribution < -0.4 is 10.2 Å². The number of carbonyl (C=O) groups is 3. The van der Waals surface area contributed by atoms with Gasteiger partial charge in [-0.2, -0.15) is 0 Å². The Bertz CT molecular complexity index is 871. The summed E-state index contributed by atoms with van der Waals surface area (Å²) in [6.45, 7) is 0.340. The van der Waals surface area contributed by atoms with Gasteiger partial charge in [-0.15, -0.1) is 11.8 Å².